The highest BCUT2D eigenvalue weighted by Crippen LogP contribution is 2.26. The van der Waals surface area contributed by atoms with Crippen molar-refractivity contribution in [1.29, 1.82) is 0 Å². The van der Waals surface area contributed by atoms with Crippen LogP contribution in [0.25, 0.3) is 0 Å². The predicted molar refractivity (Wildman–Crippen MR) is 75.4 cm³/mol. The van der Waals surface area contributed by atoms with Gasteiger partial charge in [0.25, 0.3) is 0 Å². The topological polar surface area (TPSA) is 24.9 Å². The summed E-state index contributed by atoms with van der Waals surface area (Å²) in [6.07, 6.45) is 0. The lowest BCUT2D eigenvalue weighted by Gasteiger charge is -2.07. The Labute approximate surface area is 107 Å². The Kier molecular flexibility index (Phi) is 3.48. The second-order valence-electron chi connectivity index (χ2n) is 4.68. The molecular formula is C14H18N2S. The maximum atomic E-state index is 4.58. The van der Waals surface area contributed by atoms with E-state index in [9.17, 15) is 0 Å². The largest absolute Gasteiger partial charge is 0.331 e. The summed E-state index contributed by atoms with van der Waals surface area (Å²) < 4.78 is 0. The van der Waals surface area contributed by atoms with Gasteiger partial charge in [-0.3, -0.25) is 0 Å². The molecular weight excluding hydrogens is 228 g/mol. The average Bonchev–Trinajstić information content (AvgIpc) is 2.71. The molecule has 0 radical (unpaired) electrons. The lowest BCUT2D eigenvalue weighted by molar-refractivity contribution is 0.834. The standard InChI is InChI=1S/C14H18N2S/c1-9(2)13-8-17-14(16-13)15-12-6-5-10(3)7-11(12)4/h5-9H,1-4H3,(H,15,16). The van der Waals surface area contributed by atoms with E-state index in [0.29, 0.717) is 5.92 Å². The summed E-state index contributed by atoms with van der Waals surface area (Å²) in [6.45, 7) is 8.55. The number of nitrogens with zero attached hydrogens (tertiary/aromatic N) is 1. The molecule has 1 N–H and O–H groups in total. The molecule has 0 aliphatic heterocycles. The minimum absolute atomic E-state index is 0.487. The van der Waals surface area contributed by atoms with Crippen molar-refractivity contribution in [2.45, 2.75) is 33.6 Å². The summed E-state index contributed by atoms with van der Waals surface area (Å²) >= 11 is 1.66. The first-order chi connectivity index (χ1) is 8.06. The Bertz CT molecular complexity index is 515. The van der Waals surface area contributed by atoms with Crippen LogP contribution in [0, 0.1) is 13.8 Å². The van der Waals surface area contributed by atoms with Gasteiger partial charge in [-0.1, -0.05) is 31.5 Å². The lowest BCUT2D eigenvalue weighted by atomic mass is 10.1. The van der Waals surface area contributed by atoms with Gasteiger partial charge in [0.15, 0.2) is 5.13 Å². The van der Waals surface area contributed by atoms with Crippen molar-refractivity contribution in [2.75, 3.05) is 5.32 Å². The van der Waals surface area contributed by atoms with Gasteiger partial charge in [0.1, 0.15) is 0 Å². The third kappa shape index (κ3) is 2.86. The number of hydrogen-bond donors (Lipinski definition) is 1. The van der Waals surface area contributed by atoms with Crippen molar-refractivity contribution >= 4 is 22.2 Å². The van der Waals surface area contributed by atoms with E-state index in [4.69, 9.17) is 0 Å². The highest BCUT2D eigenvalue weighted by Gasteiger charge is 2.06. The molecule has 0 aliphatic rings. The van der Waals surface area contributed by atoms with Crippen molar-refractivity contribution in [3.63, 3.8) is 0 Å². The number of rotatable bonds is 3. The van der Waals surface area contributed by atoms with Crippen LogP contribution in [0.5, 0.6) is 0 Å². The molecule has 2 rings (SSSR count). The molecule has 0 saturated carbocycles. The van der Waals surface area contributed by atoms with Gasteiger partial charge in [-0.2, -0.15) is 0 Å². The van der Waals surface area contributed by atoms with Gasteiger partial charge < -0.3 is 5.32 Å². The van der Waals surface area contributed by atoms with Crippen LogP contribution in [0.1, 0.15) is 36.6 Å². The molecule has 0 bridgehead atoms. The highest BCUT2D eigenvalue weighted by atomic mass is 32.1. The number of thiazole rings is 1. The van der Waals surface area contributed by atoms with Gasteiger partial charge >= 0.3 is 0 Å². The molecule has 0 saturated heterocycles. The number of nitrogens with one attached hydrogen (secondary N) is 1. The molecule has 90 valence electrons. The zero-order valence-corrected chi connectivity index (χ0v) is 11.6. The Morgan fingerprint density at radius 2 is 2.00 bits per heavy atom. The second-order valence-corrected chi connectivity index (χ2v) is 5.53. The molecule has 0 unspecified atom stereocenters. The van der Waals surface area contributed by atoms with E-state index < -0.39 is 0 Å². The van der Waals surface area contributed by atoms with E-state index in [1.54, 1.807) is 11.3 Å². The average molecular weight is 246 g/mol. The quantitative estimate of drug-likeness (QED) is 0.854. The van der Waals surface area contributed by atoms with Crippen molar-refractivity contribution in [2.24, 2.45) is 0 Å². The van der Waals surface area contributed by atoms with E-state index in [2.05, 4.69) is 61.6 Å². The van der Waals surface area contributed by atoms with Crippen LogP contribution in [0.4, 0.5) is 10.8 Å². The van der Waals surface area contributed by atoms with Gasteiger partial charge in [-0.05, 0) is 31.4 Å². The molecule has 0 aliphatic carbocycles. The van der Waals surface area contributed by atoms with Crippen LogP contribution in [-0.2, 0) is 0 Å². The van der Waals surface area contributed by atoms with E-state index in [1.807, 2.05) is 0 Å². The van der Waals surface area contributed by atoms with Crippen molar-refractivity contribution in [3.05, 3.63) is 40.4 Å². The molecule has 1 aromatic carbocycles. The summed E-state index contributed by atoms with van der Waals surface area (Å²) in [5, 5.41) is 6.48. The summed E-state index contributed by atoms with van der Waals surface area (Å²) in [6, 6.07) is 6.41. The van der Waals surface area contributed by atoms with E-state index in [1.165, 1.54) is 11.1 Å². The molecule has 3 heteroatoms. The van der Waals surface area contributed by atoms with Crippen molar-refractivity contribution < 1.29 is 0 Å². The fraction of sp³-hybridized carbons (Fsp3) is 0.357. The minimum Gasteiger partial charge on any atom is -0.331 e. The van der Waals surface area contributed by atoms with Crippen LogP contribution >= 0.6 is 11.3 Å². The van der Waals surface area contributed by atoms with E-state index in [0.717, 1.165) is 16.5 Å². The molecule has 0 amide bonds. The first kappa shape index (κ1) is 12.1. The number of benzene rings is 1. The monoisotopic (exact) mass is 246 g/mol. The SMILES string of the molecule is Cc1ccc(Nc2nc(C(C)C)cs2)c(C)c1. The van der Waals surface area contributed by atoms with Gasteiger partial charge in [-0.15, -0.1) is 11.3 Å². The summed E-state index contributed by atoms with van der Waals surface area (Å²) in [5.41, 5.74) is 4.84. The van der Waals surface area contributed by atoms with Gasteiger partial charge in [0.2, 0.25) is 0 Å². The molecule has 0 atom stereocenters. The first-order valence-electron chi connectivity index (χ1n) is 5.86. The summed E-state index contributed by atoms with van der Waals surface area (Å²) in [7, 11) is 0. The molecule has 17 heavy (non-hydrogen) atoms. The van der Waals surface area contributed by atoms with E-state index in [-0.39, 0.29) is 0 Å². The maximum absolute atomic E-state index is 4.58. The van der Waals surface area contributed by atoms with Gasteiger partial charge in [0, 0.05) is 11.1 Å². The second kappa shape index (κ2) is 4.88. The summed E-state index contributed by atoms with van der Waals surface area (Å²) in [4.78, 5) is 4.58. The van der Waals surface area contributed by atoms with Crippen LogP contribution in [0.3, 0.4) is 0 Å². The Hall–Kier alpha value is -1.35. The van der Waals surface area contributed by atoms with E-state index >= 15 is 0 Å². The van der Waals surface area contributed by atoms with Crippen molar-refractivity contribution in [1.82, 2.24) is 4.98 Å². The molecule has 1 aromatic heterocycles. The van der Waals surface area contributed by atoms with Crippen LogP contribution in [0.15, 0.2) is 23.6 Å². The third-order valence-corrected chi connectivity index (χ3v) is 3.51. The number of hydrogen-bond acceptors (Lipinski definition) is 3. The zero-order valence-electron chi connectivity index (χ0n) is 10.7. The van der Waals surface area contributed by atoms with Gasteiger partial charge in [-0.25, -0.2) is 4.98 Å². The Morgan fingerprint density at radius 1 is 1.24 bits per heavy atom. The number of aromatic nitrogens is 1. The fourth-order valence-corrected chi connectivity index (χ4v) is 2.56. The highest BCUT2D eigenvalue weighted by molar-refractivity contribution is 7.13. The molecule has 1 heterocycles. The minimum atomic E-state index is 0.487. The maximum Gasteiger partial charge on any atom is 0.187 e. The van der Waals surface area contributed by atoms with Gasteiger partial charge in [0.05, 0.1) is 5.69 Å². The normalized spacial score (nSPS) is 10.9. The Balaban J connectivity index is 2.19. The molecule has 0 fully saturated rings. The van der Waals surface area contributed by atoms with Crippen LogP contribution < -0.4 is 5.32 Å². The fourth-order valence-electron chi connectivity index (χ4n) is 1.68. The third-order valence-electron chi connectivity index (χ3n) is 2.74. The molecule has 2 nitrogen and oxygen atoms in total. The number of anilines is 2. The van der Waals surface area contributed by atoms with Crippen molar-refractivity contribution in [3.8, 4) is 0 Å². The Morgan fingerprint density at radius 3 is 2.59 bits per heavy atom. The smallest absolute Gasteiger partial charge is 0.187 e. The van der Waals surface area contributed by atoms with Crippen LogP contribution in [0.2, 0.25) is 0 Å². The zero-order chi connectivity index (χ0) is 12.4. The first-order valence-corrected chi connectivity index (χ1v) is 6.74. The lowest BCUT2D eigenvalue weighted by Crippen LogP contribution is -1.94. The molecule has 2 aromatic rings. The summed E-state index contributed by atoms with van der Waals surface area (Å²) in [5.74, 6) is 0.487. The number of aryl methyl sites for hydroxylation is 2. The predicted octanol–water partition coefficient (Wildman–Crippen LogP) is 4.63. The molecule has 0 spiro atoms. The van der Waals surface area contributed by atoms with Crippen LogP contribution in [-0.4, -0.2) is 4.98 Å².